The highest BCUT2D eigenvalue weighted by Crippen LogP contribution is 2.31. The van der Waals surface area contributed by atoms with Gasteiger partial charge in [0.15, 0.2) is 11.5 Å². The molecule has 1 N–H and O–H groups in total. The fraction of sp³-hybridized carbons (Fsp3) is 0.333. The molecule has 1 amide bonds. The van der Waals surface area contributed by atoms with Crippen LogP contribution in [0.1, 0.15) is 12.6 Å². The molecule has 1 aromatic heterocycles. The highest BCUT2D eigenvalue weighted by atomic mass is 35.5. The molecule has 130 valence electrons. The topological polar surface area (TPSA) is 65.4 Å². The summed E-state index contributed by atoms with van der Waals surface area (Å²) in [6, 6.07) is 4.17. The van der Waals surface area contributed by atoms with Crippen molar-refractivity contribution in [1.82, 2.24) is 9.78 Å². The van der Waals surface area contributed by atoms with Gasteiger partial charge < -0.3 is 14.8 Å². The molecule has 0 aliphatic rings. The number of rotatable bonds is 7. The first-order valence-corrected chi connectivity index (χ1v) is 7.48. The molecule has 2 aromatic rings. The number of aromatic nitrogens is 2. The van der Waals surface area contributed by atoms with E-state index < -0.39 is 6.61 Å². The zero-order valence-electron chi connectivity index (χ0n) is 13.1. The van der Waals surface area contributed by atoms with Gasteiger partial charge in [-0.15, -0.1) is 0 Å². The van der Waals surface area contributed by atoms with E-state index in [0.29, 0.717) is 16.4 Å². The molecule has 2 rings (SSSR count). The molecule has 6 nitrogen and oxygen atoms in total. The number of hydrogen-bond donors (Lipinski definition) is 1. The van der Waals surface area contributed by atoms with Crippen LogP contribution in [0.15, 0.2) is 24.4 Å². The maximum Gasteiger partial charge on any atom is 0.387 e. The molecule has 1 aromatic carbocycles. The standard InChI is InChI=1S/C15H16ClF2N3O3/c1-3-23-13-6-10(4-5-12(13)24-15(17)18)20-14(22)8-21-9(2)11(16)7-19-21/h4-7,15H,3,8H2,1-2H3,(H,20,22). The van der Waals surface area contributed by atoms with Gasteiger partial charge in [-0.05, 0) is 26.0 Å². The largest absolute Gasteiger partial charge is 0.490 e. The van der Waals surface area contributed by atoms with Gasteiger partial charge in [-0.3, -0.25) is 9.48 Å². The van der Waals surface area contributed by atoms with Gasteiger partial charge >= 0.3 is 6.61 Å². The highest BCUT2D eigenvalue weighted by molar-refractivity contribution is 6.31. The van der Waals surface area contributed by atoms with Crippen LogP contribution in [-0.4, -0.2) is 28.9 Å². The molecule has 1 heterocycles. The molecule has 0 aliphatic carbocycles. The van der Waals surface area contributed by atoms with E-state index in [9.17, 15) is 13.6 Å². The van der Waals surface area contributed by atoms with Crippen LogP contribution in [0.5, 0.6) is 11.5 Å². The first kappa shape index (κ1) is 18.0. The minimum Gasteiger partial charge on any atom is -0.490 e. The van der Waals surface area contributed by atoms with Crippen molar-refractivity contribution in [3.8, 4) is 11.5 Å². The Morgan fingerprint density at radius 2 is 2.17 bits per heavy atom. The van der Waals surface area contributed by atoms with Crippen LogP contribution in [0.3, 0.4) is 0 Å². The number of ether oxygens (including phenoxy) is 2. The van der Waals surface area contributed by atoms with Gasteiger partial charge in [0.25, 0.3) is 0 Å². The molecule has 0 aliphatic heterocycles. The third-order valence-corrected chi connectivity index (χ3v) is 3.45. The van der Waals surface area contributed by atoms with E-state index in [1.165, 1.54) is 29.1 Å². The number of nitrogens with one attached hydrogen (secondary N) is 1. The number of anilines is 1. The van der Waals surface area contributed by atoms with Crippen molar-refractivity contribution in [2.45, 2.75) is 27.0 Å². The summed E-state index contributed by atoms with van der Waals surface area (Å²) in [4.78, 5) is 12.1. The van der Waals surface area contributed by atoms with Crippen LogP contribution in [0.4, 0.5) is 14.5 Å². The highest BCUT2D eigenvalue weighted by Gasteiger charge is 2.13. The number of carbonyl (C=O) groups is 1. The summed E-state index contributed by atoms with van der Waals surface area (Å²) in [7, 11) is 0. The third-order valence-electron chi connectivity index (χ3n) is 3.08. The summed E-state index contributed by atoms with van der Waals surface area (Å²) >= 11 is 5.88. The Labute approximate surface area is 142 Å². The van der Waals surface area contributed by atoms with Crippen LogP contribution >= 0.6 is 11.6 Å². The number of alkyl halides is 2. The van der Waals surface area contributed by atoms with Crippen molar-refractivity contribution in [2.24, 2.45) is 0 Å². The fourth-order valence-electron chi connectivity index (χ4n) is 1.97. The number of halogens is 3. The van der Waals surface area contributed by atoms with Crippen molar-refractivity contribution >= 4 is 23.2 Å². The average Bonchev–Trinajstić information content (AvgIpc) is 2.82. The van der Waals surface area contributed by atoms with Gasteiger partial charge in [0.1, 0.15) is 6.54 Å². The summed E-state index contributed by atoms with van der Waals surface area (Å²) < 4.78 is 35.8. The Bertz CT molecular complexity index is 722. The van der Waals surface area contributed by atoms with Gasteiger partial charge in [0.2, 0.25) is 5.91 Å². The maximum absolute atomic E-state index is 12.4. The fourth-order valence-corrected chi connectivity index (χ4v) is 2.11. The first-order chi connectivity index (χ1) is 11.4. The van der Waals surface area contributed by atoms with Crippen LogP contribution in [0.2, 0.25) is 5.02 Å². The summed E-state index contributed by atoms with van der Waals surface area (Å²) in [6.45, 7) is 0.727. The van der Waals surface area contributed by atoms with Crippen molar-refractivity contribution in [2.75, 3.05) is 11.9 Å². The lowest BCUT2D eigenvalue weighted by Gasteiger charge is -2.13. The molecular formula is C15H16ClF2N3O3. The second-order valence-corrected chi connectivity index (χ2v) is 5.16. The Hall–Kier alpha value is -2.35. The molecule has 0 saturated heterocycles. The summed E-state index contributed by atoms with van der Waals surface area (Å²) in [5.41, 5.74) is 1.06. The third kappa shape index (κ3) is 4.58. The molecule has 9 heteroatoms. The van der Waals surface area contributed by atoms with Gasteiger partial charge in [-0.2, -0.15) is 13.9 Å². The zero-order valence-corrected chi connectivity index (χ0v) is 13.8. The first-order valence-electron chi connectivity index (χ1n) is 7.10. The smallest absolute Gasteiger partial charge is 0.387 e. The second kappa shape index (κ2) is 7.96. The molecule has 0 atom stereocenters. The maximum atomic E-state index is 12.4. The lowest BCUT2D eigenvalue weighted by atomic mass is 10.2. The van der Waals surface area contributed by atoms with E-state index in [-0.39, 0.29) is 30.6 Å². The quantitative estimate of drug-likeness (QED) is 0.822. The van der Waals surface area contributed by atoms with Gasteiger partial charge in [0.05, 0.1) is 23.5 Å². The Morgan fingerprint density at radius 1 is 1.42 bits per heavy atom. The number of benzene rings is 1. The molecule has 0 unspecified atom stereocenters. The summed E-state index contributed by atoms with van der Waals surface area (Å²) in [6.07, 6.45) is 1.45. The van der Waals surface area contributed by atoms with Crippen LogP contribution in [0.25, 0.3) is 0 Å². The second-order valence-electron chi connectivity index (χ2n) is 4.76. The molecule has 0 fully saturated rings. The van der Waals surface area contributed by atoms with Crippen LogP contribution < -0.4 is 14.8 Å². The molecule has 0 bridgehead atoms. The number of carbonyl (C=O) groups excluding carboxylic acids is 1. The Balaban J connectivity index is 2.09. The van der Waals surface area contributed by atoms with Gasteiger partial charge in [0, 0.05) is 11.8 Å². The monoisotopic (exact) mass is 359 g/mol. The normalized spacial score (nSPS) is 10.8. The Morgan fingerprint density at radius 3 is 2.75 bits per heavy atom. The van der Waals surface area contributed by atoms with Gasteiger partial charge in [-0.1, -0.05) is 11.6 Å². The predicted molar refractivity (Wildman–Crippen MR) is 84.8 cm³/mol. The average molecular weight is 360 g/mol. The van der Waals surface area contributed by atoms with Crippen LogP contribution in [-0.2, 0) is 11.3 Å². The van der Waals surface area contributed by atoms with Crippen molar-refractivity contribution in [3.05, 3.63) is 35.1 Å². The number of nitrogens with zero attached hydrogens (tertiary/aromatic N) is 2. The molecule has 0 radical (unpaired) electrons. The van der Waals surface area contributed by atoms with E-state index in [0.717, 1.165) is 0 Å². The molecule has 0 saturated carbocycles. The molecular weight excluding hydrogens is 344 g/mol. The van der Waals surface area contributed by atoms with Crippen molar-refractivity contribution in [3.63, 3.8) is 0 Å². The summed E-state index contributed by atoms with van der Waals surface area (Å²) in [5.74, 6) is -0.323. The van der Waals surface area contributed by atoms with E-state index >= 15 is 0 Å². The minimum absolute atomic E-state index is 0.0300. The number of hydrogen-bond acceptors (Lipinski definition) is 4. The minimum atomic E-state index is -2.96. The molecule has 24 heavy (non-hydrogen) atoms. The van der Waals surface area contributed by atoms with E-state index in [4.69, 9.17) is 16.3 Å². The van der Waals surface area contributed by atoms with E-state index in [1.54, 1.807) is 13.8 Å². The van der Waals surface area contributed by atoms with Crippen molar-refractivity contribution < 1.29 is 23.0 Å². The van der Waals surface area contributed by atoms with E-state index in [1.807, 2.05) is 0 Å². The summed E-state index contributed by atoms with van der Waals surface area (Å²) in [5, 5.41) is 7.09. The lowest BCUT2D eigenvalue weighted by molar-refractivity contribution is -0.116. The SMILES string of the molecule is CCOc1cc(NC(=O)Cn2ncc(Cl)c2C)ccc1OC(F)F. The van der Waals surface area contributed by atoms with Gasteiger partial charge in [-0.25, -0.2) is 0 Å². The zero-order chi connectivity index (χ0) is 17.7. The Kier molecular flexibility index (Phi) is 5.97. The number of amides is 1. The van der Waals surface area contributed by atoms with Crippen LogP contribution in [0, 0.1) is 6.92 Å². The lowest BCUT2D eigenvalue weighted by Crippen LogP contribution is -2.20. The molecule has 0 spiro atoms. The van der Waals surface area contributed by atoms with Crippen molar-refractivity contribution in [1.29, 1.82) is 0 Å². The predicted octanol–water partition coefficient (Wildman–Crippen LogP) is 3.48. The van der Waals surface area contributed by atoms with E-state index in [2.05, 4.69) is 15.2 Å².